The van der Waals surface area contributed by atoms with E-state index in [0.717, 1.165) is 0 Å². The number of carbonyl (C=O) groups excluding carboxylic acids is 2. The highest BCUT2D eigenvalue weighted by atomic mass is 35.5. The van der Waals surface area contributed by atoms with E-state index in [9.17, 15) is 22.8 Å². The quantitative estimate of drug-likeness (QED) is 0.580. The van der Waals surface area contributed by atoms with Gasteiger partial charge in [-0.1, -0.05) is 11.6 Å². The zero-order chi connectivity index (χ0) is 22.1. The van der Waals surface area contributed by atoms with Crippen molar-refractivity contribution in [3.8, 4) is 5.75 Å². The van der Waals surface area contributed by atoms with Crippen LogP contribution < -0.4 is 10.1 Å². The number of amides is 1. The highest BCUT2D eigenvalue weighted by molar-refractivity contribution is 6.33. The van der Waals surface area contributed by atoms with Gasteiger partial charge in [-0.05, 0) is 31.2 Å². The minimum Gasteiger partial charge on any atom is -0.497 e. The number of nitrogens with one attached hydrogen (secondary N) is 1. The number of halogens is 4. The fourth-order valence-electron chi connectivity index (χ4n) is 2.57. The van der Waals surface area contributed by atoms with Crippen LogP contribution in [0.4, 0.5) is 19.0 Å². The number of furan rings is 1. The lowest BCUT2D eigenvalue weighted by Gasteiger charge is -2.10. The lowest BCUT2D eigenvalue weighted by Crippen LogP contribution is -2.22. The molecule has 0 aliphatic rings. The average molecular weight is 443 g/mol. The Morgan fingerprint density at radius 2 is 2.00 bits per heavy atom. The molecule has 1 aromatic carbocycles. The predicted molar refractivity (Wildman–Crippen MR) is 101 cm³/mol. The van der Waals surface area contributed by atoms with Crippen molar-refractivity contribution >= 4 is 40.3 Å². The Bertz CT molecular complexity index is 1130. The number of carbonyl (C=O) groups is 2. The first-order chi connectivity index (χ1) is 14.1. The Hall–Kier alpha value is -3.27. The lowest BCUT2D eigenvalue weighted by atomic mass is 10.1. The Morgan fingerprint density at radius 3 is 2.63 bits per heavy atom. The molecule has 158 valence electrons. The van der Waals surface area contributed by atoms with Gasteiger partial charge in [-0.15, -0.1) is 0 Å². The highest BCUT2D eigenvalue weighted by Crippen LogP contribution is 2.32. The normalized spacial score (nSPS) is 11.4. The number of alkyl halides is 3. The number of nitrogens with zero attached hydrogens (tertiary/aromatic N) is 1. The number of anilines is 1. The number of rotatable bonds is 5. The summed E-state index contributed by atoms with van der Waals surface area (Å²) in [6.07, 6.45) is -4.09. The maximum atomic E-state index is 12.6. The topological polar surface area (TPSA) is 90.7 Å². The van der Waals surface area contributed by atoms with Gasteiger partial charge >= 0.3 is 12.1 Å². The summed E-state index contributed by atoms with van der Waals surface area (Å²) < 4.78 is 53.4. The van der Waals surface area contributed by atoms with Crippen molar-refractivity contribution in [1.82, 2.24) is 4.98 Å². The van der Waals surface area contributed by atoms with Gasteiger partial charge in [0.2, 0.25) is 5.76 Å². The molecular formula is C19H14ClF3N2O5. The minimum atomic E-state index is -4.62. The number of hydrogen-bond acceptors (Lipinski definition) is 6. The summed E-state index contributed by atoms with van der Waals surface area (Å²) in [7, 11) is 1.50. The molecule has 3 rings (SSSR count). The molecule has 2 aromatic heterocycles. The molecule has 0 saturated carbocycles. The summed E-state index contributed by atoms with van der Waals surface area (Å²) in [4.78, 5) is 27.7. The molecule has 0 aliphatic heterocycles. The van der Waals surface area contributed by atoms with Crippen LogP contribution in [-0.2, 0) is 15.7 Å². The smallest absolute Gasteiger partial charge is 0.417 e. The number of aromatic nitrogens is 1. The zero-order valence-electron chi connectivity index (χ0n) is 15.6. The van der Waals surface area contributed by atoms with Crippen molar-refractivity contribution in [1.29, 1.82) is 0 Å². The molecule has 30 heavy (non-hydrogen) atoms. The van der Waals surface area contributed by atoms with E-state index < -0.39 is 35.2 Å². The summed E-state index contributed by atoms with van der Waals surface area (Å²) >= 11 is 5.72. The molecule has 7 nitrogen and oxygen atoms in total. The average Bonchev–Trinajstić information content (AvgIpc) is 3.03. The van der Waals surface area contributed by atoms with Crippen LogP contribution in [0.3, 0.4) is 0 Å². The van der Waals surface area contributed by atoms with Crippen LogP contribution in [0.25, 0.3) is 11.0 Å². The van der Waals surface area contributed by atoms with Gasteiger partial charge in [0.15, 0.2) is 12.4 Å². The third-order valence-corrected chi connectivity index (χ3v) is 4.38. The van der Waals surface area contributed by atoms with Gasteiger partial charge in [-0.3, -0.25) is 4.79 Å². The molecule has 0 radical (unpaired) electrons. The second-order valence-electron chi connectivity index (χ2n) is 6.09. The fourth-order valence-corrected chi connectivity index (χ4v) is 2.78. The van der Waals surface area contributed by atoms with Crippen LogP contribution >= 0.6 is 11.6 Å². The number of ether oxygens (including phenoxy) is 2. The molecule has 0 bridgehead atoms. The first kappa shape index (κ1) is 21.4. The number of pyridine rings is 1. The molecule has 0 atom stereocenters. The van der Waals surface area contributed by atoms with Crippen molar-refractivity contribution in [3.05, 3.63) is 52.4 Å². The summed E-state index contributed by atoms with van der Waals surface area (Å²) in [5.74, 6) is -1.53. The second-order valence-corrected chi connectivity index (χ2v) is 6.50. The number of fused-ring (bicyclic) bond motifs is 1. The van der Waals surface area contributed by atoms with Gasteiger partial charge in [-0.2, -0.15) is 13.2 Å². The largest absolute Gasteiger partial charge is 0.497 e. The molecular weight excluding hydrogens is 429 g/mol. The van der Waals surface area contributed by atoms with E-state index in [1.165, 1.54) is 7.11 Å². The van der Waals surface area contributed by atoms with Crippen molar-refractivity contribution < 1.29 is 36.7 Å². The number of esters is 1. The fraction of sp³-hybridized carbons (Fsp3) is 0.211. The van der Waals surface area contributed by atoms with Gasteiger partial charge in [0, 0.05) is 17.1 Å². The Labute approximate surface area is 172 Å². The van der Waals surface area contributed by atoms with Crippen molar-refractivity contribution in [3.63, 3.8) is 0 Å². The van der Waals surface area contributed by atoms with Crippen LogP contribution in [0.5, 0.6) is 5.75 Å². The summed E-state index contributed by atoms with van der Waals surface area (Å²) in [6, 6.07) is 5.61. The first-order valence-electron chi connectivity index (χ1n) is 8.37. The Kier molecular flexibility index (Phi) is 5.88. The van der Waals surface area contributed by atoms with Crippen molar-refractivity contribution in [2.24, 2.45) is 0 Å². The van der Waals surface area contributed by atoms with Crippen molar-refractivity contribution in [2.45, 2.75) is 13.1 Å². The van der Waals surface area contributed by atoms with E-state index in [-0.39, 0.29) is 11.6 Å². The van der Waals surface area contributed by atoms with E-state index in [0.29, 0.717) is 34.5 Å². The third-order valence-electron chi connectivity index (χ3n) is 4.09. The molecule has 1 N–H and O–H groups in total. The number of benzene rings is 1. The van der Waals surface area contributed by atoms with Crippen LogP contribution in [0, 0.1) is 6.92 Å². The van der Waals surface area contributed by atoms with E-state index in [1.807, 2.05) is 0 Å². The molecule has 0 aliphatic carbocycles. The number of methoxy groups -OCH3 is 1. The Morgan fingerprint density at radius 1 is 1.27 bits per heavy atom. The molecule has 1 amide bonds. The first-order valence-corrected chi connectivity index (χ1v) is 8.74. The van der Waals surface area contributed by atoms with Crippen LogP contribution in [0.15, 0.2) is 34.9 Å². The maximum Gasteiger partial charge on any atom is 0.417 e. The van der Waals surface area contributed by atoms with E-state index >= 15 is 0 Å². The number of hydrogen-bond donors (Lipinski definition) is 1. The zero-order valence-corrected chi connectivity index (χ0v) is 16.4. The van der Waals surface area contributed by atoms with E-state index in [2.05, 4.69) is 10.3 Å². The summed E-state index contributed by atoms with van der Waals surface area (Å²) in [5.41, 5.74) is -0.124. The second kappa shape index (κ2) is 8.23. The predicted octanol–water partition coefficient (Wildman–Crippen LogP) is 4.61. The lowest BCUT2D eigenvalue weighted by molar-refractivity contribution is -0.137. The van der Waals surface area contributed by atoms with Crippen molar-refractivity contribution in [2.75, 3.05) is 19.0 Å². The van der Waals surface area contributed by atoms with Crippen LogP contribution in [0.2, 0.25) is 5.02 Å². The third kappa shape index (κ3) is 4.48. The summed E-state index contributed by atoms with van der Waals surface area (Å²) in [6.45, 7) is 0.922. The van der Waals surface area contributed by atoms with Crippen LogP contribution in [-0.4, -0.2) is 30.6 Å². The number of aryl methyl sites for hydroxylation is 1. The maximum absolute atomic E-state index is 12.6. The van der Waals surface area contributed by atoms with Gasteiger partial charge in [0.1, 0.15) is 11.3 Å². The summed E-state index contributed by atoms with van der Waals surface area (Å²) in [5, 5.41) is 2.41. The SMILES string of the molecule is COc1ccc2oc(C(=O)OCC(=O)Nc3ncc(C(F)(F)F)cc3Cl)c(C)c2c1. The van der Waals surface area contributed by atoms with E-state index in [4.69, 9.17) is 25.5 Å². The molecule has 11 heteroatoms. The highest BCUT2D eigenvalue weighted by Gasteiger charge is 2.31. The molecule has 0 spiro atoms. The van der Waals surface area contributed by atoms with Gasteiger partial charge in [0.25, 0.3) is 5.91 Å². The van der Waals surface area contributed by atoms with E-state index in [1.54, 1.807) is 25.1 Å². The van der Waals surface area contributed by atoms with Crippen LogP contribution in [0.1, 0.15) is 21.7 Å². The molecule has 0 unspecified atom stereocenters. The molecule has 2 heterocycles. The van der Waals surface area contributed by atoms with Gasteiger partial charge < -0.3 is 19.2 Å². The molecule has 3 aromatic rings. The standard InChI is InChI=1S/C19H14ClF3N2O5/c1-9-12-6-11(28-2)3-4-14(12)30-16(9)18(27)29-8-15(26)25-17-13(20)5-10(7-24-17)19(21,22)23/h3-7H,8H2,1-2H3,(H,24,25,26). The minimum absolute atomic E-state index is 0.0864. The molecule has 0 saturated heterocycles. The van der Waals surface area contributed by atoms with Gasteiger partial charge in [-0.25, -0.2) is 9.78 Å². The molecule has 0 fully saturated rings. The monoisotopic (exact) mass is 442 g/mol. The Balaban J connectivity index is 1.66. The van der Waals surface area contributed by atoms with Gasteiger partial charge in [0.05, 0.1) is 17.7 Å².